The van der Waals surface area contributed by atoms with Crippen LogP contribution in [-0.4, -0.2) is 17.8 Å². The van der Waals surface area contributed by atoms with Gasteiger partial charge in [-0.05, 0) is 35.9 Å². The lowest BCUT2D eigenvalue weighted by Crippen LogP contribution is -2.52. The van der Waals surface area contributed by atoms with Crippen molar-refractivity contribution in [2.45, 2.75) is 12.1 Å². The molecule has 0 saturated carbocycles. The van der Waals surface area contributed by atoms with Crippen LogP contribution >= 0.6 is 23.2 Å². The summed E-state index contributed by atoms with van der Waals surface area (Å²) in [5.74, 6) is -2.13. The number of urea groups is 1. The van der Waals surface area contributed by atoms with Crippen LogP contribution in [0.5, 0.6) is 0 Å². The summed E-state index contributed by atoms with van der Waals surface area (Å²) in [6.07, 6.45) is 0. The summed E-state index contributed by atoms with van der Waals surface area (Å²) in [7, 11) is 0. The summed E-state index contributed by atoms with van der Waals surface area (Å²) in [5.41, 5.74) is -0.888. The minimum absolute atomic E-state index is 0.0687. The Balaban J connectivity index is 1.82. The van der Waals surface area contributed by atoms with Crippen LogP contribution in [0, 0.1) is 5.82 Å². The van der Waals surface area contributed by atoms with Crippen molar-refractivity contribution in [3.8, 4) is 0 Å². The zero-order valence-electron chi connectivity index (χ0n) is 13.0. The number of imide groups is 1. The van der Waals surface area contributed by atoms with Crippen LogP contribution in [0.1, 0.15) is 11.1 Å². The maximum Gasteiger partial charge on any atom is 0.323 e. The smallest absolute Gasteiger partial charge is 0.312 e. The number of halogens is 3. The minimum atomic E-state index is -1.97. The Kier molecular flexibility index (Phi) is 3.68. The van der Waals surface area contributed by atoms with Gasteiger partial charge < -0.3 is 10.2 Å². The van der Waals surface area contributed by atoms with Crippen molar-refractivity contribution in [2.75, 3.05) is 4.90 Å². The molecule has 4 rings (SSSR count). The van der Waals surface area contributed by atoms with Gasteiger partial charge in [0.1, 0.15) is 5.82 Å². The van der Waals surface area contributed by atoms with E-state index in [1.54, 1.807) is 18.2 Å². The molecule has 1 fully saturated rings. The molecule has 2 heterocycles. The standard InChI is InChI=1S/C17H10Cl2FN3O3/c18-11-3-1-8(5-12(11)19)7-23-13-4-2-9(20)6-10(13)17(15(23)25)14(24)21-16(26)22-17/h1-6H,7H2,(H2,21,22,24,26). The van der Waals surface area contributed by atoms with Crippen molar-refractivity contribution in [1.29, 1.82) is 0 Å². The van der Waals surface area contributed by atoms with Gasteiger partial charge in [-0.1, -0.05) is 29.3 Å². The molecule has 2 aromatic rings. The van der Waals surface area contributed by atoms with E-state index in [0.717, 1.165) is 6.07 Å². The van der Waals surface area contributed by atoms with E-state index < -0.39 is 29.2 Å². The van der Waals surface area contributed by atoms with Gasteiger partial charge >= 0.3 is 6.03 Å². The molecule has 1 unspecified atom stereocenters. The van der Waals surface area contributed by atoms with Crippen molar-refractivity contribution in [1.82, 2.24) is 10.6 Å². The van der Waals surface area contributed by atoms with E-state index in [9.17, 15) is 18.8 Å². The zero-order chi connectivity index (χ0) is 18.6. The SMILES string of the molecule is O=C1NC(=O)C2(N1)C(=O)N(Cc1ccc(Cl)c(Cl)c1)c1ccc(F)cc12. The summed E-state index contributed by atoms with van der Waals surface area (Å²) < 4.78 is 13.8. The summed E-state index contributed by atoms with van der Waals surface area (Å²) in [5, 5.41) is 5.07. The molecule has 4 amide bonds. The molecular weight excluding hydrogens is 384 g/mol. The van der Waals surface area contributed by atoms with Gasteiger partial charge in [-0.15, -0.1) is 0 Å². The molecule has 2 aliphatic heterocycles. The van der Waals surface area contributed by atoms with Gasteiger partial charge in [-0.2, -0.15) is 0 Å². The lowest BCUT2D eigenvalue weighted by molar-refractivity contribution is -0.134. The summed E-state index contributed by atoms with van der Waals surface area (Å²) in [6, 6.07) is 7.71. The highest BCUT2D eigenvalue weighted by Crippen LogP contribution is 2.43. The maximum atomic E-state index is 13.8. The Morgan fingerprint density at radius 2 is 1.81 bits per heavy atom. The third kappa shape index (κ3) is 2.28. The highest BCUT2D eigenvalue weighted by molar-refractivity contribution is 6.42. The van der Waals surface area contributed by atoms with E-state index in [1.807, 2.05) is 5.32 Å². The van der Waals surface area contributed by atoms with Crippen LogP contribution in [0.2, 0.25) is 10.0 Å². The molecule has 26 heavy (non-hydrogen) atoms. The quantitative estimate of drug-likeness (QED) is 0.608. The van der Waals surface area contributed by atoms with Gasteiger partial charge in [0, 0.05) is 5.56 Å². The van der Waals surface area contributed by atoms with Gasteiger partial charge in [-0.25, -0.2) is 9.18 Å². The van der Waals surface area contributed by atoms with E-state index in [0.29, 0.717) is 21.3 Å². The number of carbonyl (C=O) groups is 3. The van der Waals surface area contributed by atoms with E-state index in [-0.39, 0.29) is 12.1 Å². The topological polar surface area (TPSA) is 78.5 Å². The monoisotopic (exact) mass is 393 g/mol. The number of benzene rings is 2. The van der Waals surface area contributed by atoms with Crippen LogP contribution in [0.15, 0.2) is 36.4 Å². The second-order valence-corrected chi connectivity index (χ2v) is 6.77. The molecule has 0 bridgehead atoms. The number of carbonyl (C=O) groups excluding carboxylic acids is 3. The number of nitrogens with zero attached hydrogens (tertiary/aromatic N) is 1. The fourth-order valence-corrected chi connectivity index (χ4v) is 3.56. The van der Waals surface area contributed by atoms with Crippen LogP contribution in [-0.2, 0) is 21.7 Å². The van der Waals surface area contributed by atoms with Gasteiger partial charge in [0.2, 0.25) is 5.54 Å². The molecular formula is C17H10Cl2FN3O3. The van der Waals surface area contributed by atoms with Crippen LogP contribution in [0.3, 0.4) is 0 Å². The van der Waals surface area contributed by atoms with Crippen molar-refractivity contribution in [2.24, 2.45) is 0 Å². The Bertz CT molecular complexity index is 997. The number of amides is 4. The van der Waals surface area contributed by atoms with Gasteiger partial charge in [0.25, 0.3) is 11.8 Å². The fourth-order valence-electron chi connectivity index (χ4n) is 3.24. The lowest BCUT2D eigenvalue weighted by atomic mass is 9.91. The first-order valence-corrected chi connectivity index (χ1v) is 8.28. The molecule has 9 heteroatoms. The molecule has 1 spiro atoms. The summed E-state index contributed by atoms with van der Waals surface area (Å²) in [6.45, 7) is 0.0687. The molecule has 2 aromatic carbocycles. The van der Waals surface area contributed by atoms with Crippen molar-refractivity contribution >= 4 is 46.7 Å². The Hall–Kier alpha value is -2.64. The van der Waals surface area contributed by atoms with Crippen molar-refractivity contribution in [3.05, 3.63) is 63.4 Å². The van der Waals surface area contributed by atoms with Crippen molar-refractivity contribution < 1.29 is 18.8 Å². The highest BCUT2D eigenvalue weighted by atomic mass is 35.5. The molecule has 0 radical (unpaired) electrons. The number of rotatable bonds is 2. The normalized spacial score (nSPS) is 21.2. The van der Waals surface area contributed by atoms with Gasteiger partial charge in [-0.3, -0.25) is 14.9 Å². The first-order chi connectivity index (χ1) is 12.3. The van der Waals surface area contributed by atoms with Crippen LogP contribution in [0.25, 0.3) is 0 Å². The molecule has 0 aliphatic carbocycles. The zero-order valence-corrected chi connectivity index (χ0v) is 14.5. The number of anilines is 1. The molecule has 2 aliphatic rings. The van der Waals surface area contributed by atoms with Crippen LogP contribution < -0.4 is 15.5 Å². The Morgan fingerprint density at radius 3 is 2.46 bits per heavy atom. The van der Waals surface area contributed by atoms with E-state index in [1.165, 1.54) is 17.0 Å². The molecule has 6 nitrogen and oxygen atoms in total. The Labute approximate surface area is 156 Å². The number of fused-ring (bicyclic) bond motifs is 2. The molecule has 132 valence electrons. The fraction of sp³-hybridized carbons (Fsp3) is 0.118. The maximum absolute atomic E-state index is 13.8. The largest absolute Gasteiger partial charge is 0.323 e. The third-order valence-corrected chi connectivity index (χ3v) is 5.15. The Morgan fingerprint density at radius 1 is 1.04 bits per heavy atom. The first kappa shape index (κ1) is 16.8. The molecule has 0 aromatic heterocycles. The predicted molar refractivity (Wildman–Crippen MR) is 92.4 cm³/mol. The lowest BCUT2D eigenvalue weighted by Gasteiger charge is -2.21. The van der Waals surface area contributed by atoms with Gasteiger partial charge in [0.15, 0.2) is 0 Å². The average molecular weight is 394 g/mol. The van der Waals surface area contributed by atoms with E-state index in [2.05, 4.69) is 5.32 Å². The van der Waals surface area contributed by atoms with E-state index >= 15 is 0 Å². The first-order valence-electron chi connectivity index (χ1n) is 7.52. The predicted octanol–water partition coefficient (Wildman–Crippen LogP) is 2.71. The van der Waals surface area contributed by atoms with Crippen LogP contribution in [0.4, 0.5) is 14.9 Å². The minimum Gasteiger partial charge on any atom is -0.312 e. The highest BCUT2D eigenvalue weighted by Gasteiger charge is 2.61. The number of hydrogen-bond donors (Lipinski definition) is 2. The number of nitrogens with one attached hydrogen (secondary N) is 2. The van der Waals surface area contributed by atoms with Crippen molar-refractivity contribution in [3.63, 3.8) is 0 Å². The molecule has 1 saturated heterocycles. The average Bonchev–Trinajstić information content (AvgIpc) is 3.01. The molecule has 1 atom stereocenters. The van der Waals surface area contributed by atoms with Gasteiger partial charge in [0.05, 0.1) is 22.3 Å². The summed E-state index contributed by atoms with van der Waals surface area (Å²) in [4.78, 5) is 38.4. The second-order valence-electron chi connectivity index (χ2n) is 5.96. The second kappa shape index (κ2) is 5.69. The summed E-state index contributed by atoms with van der Waals surface area (Å²) >= 11 is 11.9. The number of hydrogen-bond acceptors (Lipinski definition) is 3. The molecule has 2 N–H and O–H groups in total. The van der Waals surface area contributed by atoms with E-state index in [4.69, 9.17) is 23.2 Å². The third-order valence-electron chi connectivity index (χ3n) is 4.41.